The SMILES string of the molecule is O=C(CN1CCC(C(=O)NC2CC2)CC1)N[C@H](c1ccc(F)cc1)C1CCCC1. The van der Waals surface area contributed by atoms with Gasteiger partial charge in [0.05, 0.1) is 12.6 Å². The van der Waals surface area contributed by atoms with Crippen molar-refractivity contribution in [2.75, 3.05) is 19.6 Å². The molecule has 2 saturated carbocycles. The molecule has 1 aromatic carbocycles. The first kappa shape index (κ1) is 20.3. The molecule has 29 heavy (non-hydrogen) atoms. The van der Waals surface area contributed by atoms with Crippen molar-refractivity contribution in [1.29, 1.82) is 0 Å². The number of hydrogen-bond acceptors (Lipinski definition) is 3. The van der Waals surface area contributed by atoms with Crippen LogP contribution in [0.15, 0.2) is 24.3 Å². The molecule has 2 aliphatic carbocycles. The highest BCUT2D eigenvalue weighted by Crippen LogP contribution is 2.35. The van der Waals surface area contributed by atoms with Crippen LogP contribution in [0, 0.1) is 17.7 Å². The Kier molecular flexibility index (Phi) is 6.48. The summed E-state index contributed by atoms with van der Waals surface area (Å²) in [6.45, 7) is 1.92. The predicted molar refractivity (Wildman–Crippen MR) is 110 cm³/mol. The molecule has 1 heterocycles. The van der Waals surface area contributed by atoms with Gasteiger partial charge in [0.25, 0.3) is 0 Å². The molecule has 1 aromatic rings. The fraction of sp³-hybridized carbons (Fsp3) is 0.652. The van der Waals surface area contributed by atoms with Crippen LogP contribution in [0.4, 0.5) is 4.39 Å². The first-order valence-corrected chi connectivity index (χ1v) is 11.2. The number of carbonyl (C=O) groups excluding carboxylic acids is 2. The molecule has 0 unspecified atom stereocenters. The van der Waals surface area contributed by atoms with Gasteiger partial charge in [0.2, 0.25) is 11.8 Å². The van der Waals surface area contributed by atoms with Crippen LogP contribution < -0.4 is 10.6 Å². The Morgan fingerprint density at radius 2 is 1.66 bits per heavy atom. The molecule has 6 heteroatoms. The maximum absolute atomic E-state index is 13.3. The zero-order valence-corrected chi connectivity index (χ0v) is 17.0. The summed E-state index contributed by atoms with van der Waals surface area (Å²) in [6, 6.07) is 6.89. The van der Waals surface area contributed by atoms with Crippen LogP contribution in [0.1, 0.15) is 63.0 Å². The zero-order chi connectivity index (χ0) is 20.2. The molecule has 3 fully saturated rings. The lowest BCUT2D eigenvalue weighted by Crippen LogP contribution is -2.45. The number of nitrogens with one attached hydrogen (secondary N) is 2. The molecule has 1 atom stereocenters. The zero-order valence-electron chi connectivity index (χ0n) is 17.0. The van der Waals surface area contributed by atoms with Gasteiger partial charge in [-0.15, -0.1) is 0 Å². The van der Waals surface area contributed by atoms with Crippen LogP contribution in [0.25, 0.3) is 0 Å². The number of hydrogen-bond donors (Lipinski definition) is 2. The van der Waals surface area contributed by atoms with Crippen LogP contribution in [0.3, 0.4) is 0 Å². The lowest BCUT2D eigenvalue weighted by atomic mass is 9.91. The monoisotopic (exact) mass is 401 g/mol. The number of benzene rings is 1. The van der Waals surface area contributed by atoms with Gasteiger partial charge in [-0.2, -0.15) is 0 Å². The predicted octanol–water partition coefficient (Wildman–Crippen LogP) is 3.16. The van der Waals surface area contributed by atoms with Crippen molar-refractivity contribution in [3.63, 3.8) is 0 Å². The average Bonchev–Trinajstić information content (AvgIpc) is 3.36. The Bertz CT molecular complexity index is 705. The van der Waals surface area contributed by atoms with Crippen LogP contribution in [-0.2, 0) is 9.59 Å². The van der Waals surface area contributed by atoms with E-state index in [0.29, 0.717) is 18.5 Å². The second-order valence-corrected chi connectivity index (χ2v) is 8.97. The molecule has 3 aliphatic rings. The number of amides is 2. The summed E-state index contributed by atoms with van der Waals surface area (Å²) in [5.41, 5.74) is 0.988. The second kappa shape index (κ2) is 9.24. The molecule has 5 nitrogen and oxygen atoms in total. The fourth-order valence-electron chi connectivity index (χ4n) is 4.76. The van der Waals surface area contributed by atoms with Gasteiger partial charge in [-0.3, -0.25) is 14.5 Å². The Balaban J connectivity index is 1.29. The maximum atomic E-state index is 13.3. The summed E-state index contributed by atoms with van der Waals surface area (Å²) in [6.07, 6.45) is 8.44. The molecular weight excluding hydrogens is 369 g/mol. The number of halogens is 1. The summed E-state index contributed by atoms with van der Waals surface area (Å²) in [5, 5.41) is 6.32. The Hall–Kier alpha value is -1.95. The topological polar surface area (TPSA) is 61.4 Å². The summed E-state index contributed by atoms with van der Waals surface area (Å²) in [4.78, 5) is 27.1. The molecule has 158 valence electrons. The van der Waals surface area contributed by atoms with E-state index < -0.39 is 0 Å². The lowest BCUT2D eigenvalue weighted by Gasteiger charge is -2.32. The highest BCUT2D eigenvalue weighted by atomic mass is 19.1. The van der Waals surface area contributed by atoms with E-state index in [0.717, 1.165) is 57.2 Å². The van der Waals surface area contributed by atoms with E-state index in [-0.39, 0.29) is 29.6 Å². The molecule has 1 aliphatic heterocycles. The van der Waals surface area contributed by atoms with Crippen LogP contribution in [0.2, 0.25) is 0 Å². The quantitative estimate of drug-likeness (QED) is 0.738. The minimum absolute atomic E-state index is 0.0205. The van der Waals surface area contributed by atoms with Crippen molar-refractivity contribution < 1.29 is 14.0 Å². The summed E-state index contributed by atoms with van der Waals surface area (Å²) >= 11 is 0. The summed E-state index contributed by atoms with van der Waals surface area (Å²) in [7, 11) is 0. The third kappa shape index (κ3) is 5.56. The second-order valence-electron chi connectivity index (χ2n) is 8.97. The first-order chi connectivity index (χ1) is 14.1. The Morgan fingerprint density at radius 3 is 2.28 bits per heavy atom. The van der Waals surface area contributed by atoms with Gasteiger partial charge in [0, 0.05) is 12.0 Å². The largest absolute Gasteiger partial charge is 0.353 e. The van der Waals surface area contributed by atoms with Crippen molar-refractivity contribution in [3.8, 4) is 0 Å². The first-order valence-electron chi connectivity index (χ1n) is 11.2. The summed E-state index contributed by atoms with van der Waals surface area (Å²) < 4.78 is 13.3. The molecule has 4 rings (SSSR count). The minimum Gasteiger partial charge on any atom is -0.353 e. The van der Waals surface area contributed by atoms with Crippen LogP contribution >= 0.6 is 0 Å². The molecular formula is C23H32FN3O2. The van der Waals surface area contributed by atoms with Crippen molar-refractivity contribution in [3.05, 3.63) is 35.6 Å². The van der Waals surface area contributed by atoms with Gasteiger partial charge in [-0.05, 0) is 75.2 Å². The van der Waals surface area contributed by atoms with Gasteiger partial charge < -0.3 is 10.6 Å². The highest BCUT2D eigenvalue weighted by Gasteiger charge is 2.31. The third-order valence-electron chi connectivity index (χ3n) is 6.67. The molecule has 0 spiro atoms. The molecule has 2 amide bonds. The van der Waals surface area contributed by atoms with E-state index in [9.17, 15) is 14.0 Å². The van der Waals surface area contributed by atoms with E-state index in [1.807, 2.05) is 0 Å². The van der Waals surface area contributed by atoms with Crippen molar-refractivity contribution in [2.45, 2.75) is 63.5 Å². The minimum atomic E-state index is -0.251. The van der Waals surface area contributed by atoms with Gasteiger partial charge in [0.1, 0.15) is 5.82 Å². The highest BCUT2D eigenvalue weighted by molar-refractivity contribution is 5.80. The fourth-order valence-corrected chi connectivity index (χ4v) is 4.76. The number of nitrogens with zero attached hydrogens (tertiary/aromatic N) is 1. The van der Waals surface area contributed by atoms with Crippen LogP contribution in [0.5, 0.6) is 0 Å². The maximum Gasteiger partial charge on any atom is 0.234 e. The van der Waals surface area contributed by atoms with Gasteiger partial charge in [0.15, 0.2) is 0 Å². The molecule has 1 saturated heterocycles. The molecule has 2 N–H and O–H groups in total. The standard InChI is InChI=1S/C23H32FN3O2/c24-19-7-5-17(6-8-19)22(16-3-1-2-4-16)26-21(28)15-27-13-11-18(12-14-27)23(29)25-20-9-10-20/h5-8,16,18,20,22H,1-4,9-15H2,(H,25,29)(H,26,28)/t22-/m0/s1. The van der Waals surface area contributed by atoms with Crippen LogP contribution in [-0.4, -0.2) is 42.4 Å². The van der Waals surface area contributed by atoms with Crippen molar-refractivity contribution in [2.24, 2.45) is 11.8 Å². The normalized spacial score (nSPS) is 22.4. The van der Waals surface area contributed by atoms with E-state index >= 15 is 0 Å². The smallest absolute Gasteiger partial charge is 0.234 e. The van der Waals surface area contributed by atoms with E-state index in [1.54, 1.807) is 12.1 Å². The Labute approximate surface area is 172 Å². The average molecular weight is 402 g/mol. The van der Waals surface area contributed by atoms with E-state index in [2.05, 4.69) is 15.5 Å². The molecule has 0 aromatic heterocycles. The molecule has 0 radical (unpaired) electrons. The van der Waals surface area contributed by atoms with E-state index in [1.165, 1.54) is 25.0 Å². The number of likely N-dealkylation sites (tertiary alicyclic amines) is 1. The molecule has 0 bridgehead atoms. The Morgan fingerprint density at radius 1 is 1.00 bits per heavy atom. The van der Waals surface area contributed by atoms with Crippen molar-refractivity contribution in [1.82, 2.24) is 15.5 Å². The number of carbonyl (C=O) groups is 2. The van der Waals surface area contributed by atoms with Gasteiger partial charge in [-0.25, -0.2) is 4.39 Å². The summed E-state index contributed by atoms with van der Waals surface area (Å²) in [5.74, 6) is 0.460. The number of rotatable bonds is 7. The number of piperidine rings is 1. The van der Waals surface area contributed by atoms with E-state index in [4.69, 9.17) is 0 Å². The third-order valence-corrected chi connectivity index (χ3v) is 6.67. The van der Waals surface area contributed by atoms with Gasteiger partial charge in [-0.1, -0.05) is 25.0 Å². The lowest BCUT2D eigenvalue weighted by molar-refractivity contribution is -0.127. The van der Waals surface area contributed by atoms with Gasteiger partial charge >= 0.3 is 0 Å². The van der Waals surface area contributed by atoms with Crippen molar-refractivity contribution >= 4 is 11.8 Å².